The lowest BCUT2D eigenvalue weighted by molar-refractivity contribution is -0.115. The number of carbonyl (C=O) groups is 1. The van der Waals surface area contributed by atoms with Gasteiger partial charge in [-0.3, -0.25) is 4.79 Å². The molecule has 0 radical (unpaired) electrons. The van der Waals surface area contributed by atoms with Gasteiger partial charge in [-0.25, -0.2) is 4.98 Å². The van der Waals surface area contributed by atoms with Crippen LogP contribution in [0.3, 0.4) is 0 Å². The largest absolute Gasteiger partial charge is 0.486 e. The fourth-order valence-corrected chi connectivity index (χ4v) is 3.79. The van der Waals surface area contributed by atoms with Crippen molar-refractivity contribution in [3.05, 3.63) is 73.6 Å². The van der Waals surface area contributed by atoms with Crippen LogP contribution in [-0.4, -0.2) is 10.9 Å². The summed E-state index contributed by atoms with van der Waals surface area (Å²) in [6, 6.07) is 13.1. The van der Waals surface area contributed by atoms with Gasteiger partial charge >= 0.3 is 0 Å². The zero-order valence-corrected chi connectivity index (χ0v) is 17.1. The number of rotatable bonds is 6. The van der Waals surface area contributed by atoms with Crippen LogP contribution in [0.15, 0.2) is 52.3 Å². The molecular weight excluding hydrogens is 436 g/mol. The fourth-order valence-electron chi connectivity index (χ4n) is 2.29. The molecule has 0 saturated carbocycles. The van der Waals surface area contributed by atoms with Gasteiger partial charge in [0.2, 0.25) is 5.91 Å². The number of aryl methyl sites for hydroxylation is 1. The van der Waals surface area contributed by atoms with Crippen LogP contribution in [0, 0.1) is 6.92 Å². The number of hydrogen-bond donors (Lipinski definition) is 1. The van der Waals surface area contributed by atoms with Crippen LogP contribution in [0.4, 0.5) is 5.69 Å². The molecule has 0 aliphatic heterocycles. The van der Waals surface area contributed by atoms with E-state index in [1.165, 1.54) is 11.3 Å². The van der Waals surface area contributed by atoms with Crippen LogP contribution in [0.5, 0.6) is 5.75 Å². The van der Waals surface area contributed by atoms with Gasteiger partial charge < -0.3 is 10.1 Å². The topological polar surface area (TPSA) is 51.2 Å². The molecule has 0 aliphatic rings. The number of nitrogens with one attached hydrogen (secondary N) is 1. The number of benzene rings is 2. The number of para-hydroxylation sites is 1. The molecule has 7 heteroatoms. The van der Waals surface area contributed by atoms with E-state index in [4.69, 9.17) is 16.3 Å². The Bertz CT molecular complexity index is 929. The van der Waals surface area contributed by atoms with Crippen molar-refractivity contribution >= 4 is 50.5 Å². The molecule has 1 amide bonds. The van der Waals surface area contributed by atoms with E-state index in [2.05, 4.69) is 26.2 Å². The van der Waals surface area contributed by atoms with Crippen LogP contribution in [0.25, 0.3) is 0 Å². The summed E-state index contributed by atoms with van der Waals surface area (Å²) in [4.78, 5) is 16.7. The predicted octanol–water partition coefficient (Wildman–Crippen LogP) is 5.63. The smallest absolute Gasteiger partial charge is 0.231 e. The number of aromatic nitrogens is 1. The lowest BCUT2D eigenvalue weighted by atomic mass is 10.2. The highest BCUT2D eigenvalue weighted by molar-refractivity contribution is 9.10. The van der Waals surface area contributed by atoms with Crippen molar-refractivity contribution in [2.75, 3.05) is 5.32 Å². The summed E-state index contributed by atoms with van der Waals surface area (Å²) in [7, 11) is 0. The van der Waals surface area contributed by atoms with Gasteiger partial charge in [-0.05, 0) is 36.8 Å². The standard InChI is InChI=1S/C19H16BrClN2O2S/c1-12-4-2-3-5-16(12)23-18(24)9-19-22-14(11-26-19)10-25-17-7-6-13(20)8-15(17)21/h2-8,11H,9-10H2,1H3,(H,23,24). The van der Waals surface area contributed by atoms with Crippen molar-refractivity contribution in [3.8, 4) is 5.75 Å². The number of ether oxygens (including phenoxy) is 1. The lowest BCUT2D eigenvalue weighted by Crippen LogP contribution is -2.15. The Balaban J connectivity index is 1.56. The van der Waals surface area contributed by atoms with Gasteiger partial charge in [0.15, 0.2) is 0 Å². The van der Waals surface area contributed by atoms with Gasteiger partial charge in [0.05, 0.1) is 17.1 Å². The van der Waals surface area contributed by atoms with E-state index in [1.54, 1.807) is 12.1 Å². The number of nitrogens with zero attached hydrogens (tertiary/aromatic N) is 1. The van der Waals surface area contributed by atoms with Gasteiger partial charge in [-0.2, -0.15) is 0 Å². The highest BCUT2D eigenvalue weighted by Gasteiger charge is 2.10. The Morgan fingerprint density at radius 2 is 2.12 bits per heavy atom. The molecule has 1 aromatic heterocycles. The molecule has 0 atom stereocenters. The number of carbonyl (C=O) groups excluding carboxylic acids is 1. The van der Waals surface area contributed by atoms with E-state index in [0.29, 0.717) is 17.4 Å². The molecule has 0 bridgehead atoms. The molecule has 0 spiro atoms. The van der Waals surface area contributed by atoms with Gasteiger partial charge in [0, 0.05) is 15.5 Å². The Morgan fingerprint density at radius 3 is 2.88 bits per heavy atom. The summed E-state index contributed by atoms with van der Waals surface area (Å²) in [6.07, 6.45) is 0.234. The minimum atomic E-state index is -0.0860. The molecule has 0 saturated heterocycles. The van der Waals surface area contributed by atoms with Crippen LogP contribution >= 0.6 is 38.9 Å². The number of thiazole rings is 1. The molecule has 1 N–H and O–H groups in total. The minimum Gasteiger partial charge on any atom is -0.486 e. The second kappa shape index (κ2) is 8.66. The summed E-state index contributed by atoms with van der Waals surface area (Å²) in [6.45, 7) is 2.26. The quantitative estimate of drug-likeness (QED) is 0.528. The highest BCUT2D eigenvalue weighted by Crippen LogP contribution is 2.28. The van der Waals surface area contributed by atoms with Crippen LogP contribution in [0.2, 0.25) is 5.02 Å². The van der Waals surface area contributed by atoms with E-state index in [0.717, 1.165) is 26.4 Å². The molecule has 0 fully saturated rings. The fraction of sp³-hybridized carbons (Fsp3) is 0.158. The Kier molecular flexibility index (Phi) is 6.29. The second-order valence-electron chi connectivity index (χ2n) is 5.64. The first-order valence-corrected chi connectivity index (χ1v) is 9.93. The molecular formula is C19H16BrClN2O2S. The third kappa shape index (κ3) is 5.06. The Hall–Kier alpha value is -1.89. The maximum Gasteiger partial charge on any atom is 0.231 e. The van der Waals surface area contributed by atoms with Crippen molar-refractivity contribution in [2.45, 2.75) is 20.0 Å². The molecule has 3 rings (SSSR count). The van der Waals surface area contributed by atoms with Crippen molar-refractivity contribution in [3.63, 3.8) is 0 Å². The zero-order chi connectivity index (χ0) is 18.5. The average Bonchev–Trinajstić information content (AvgIpc) is 3.03. The van der Waals surface area contributed by atoms with Crippen molar-refractivity contribution in [1.29, 1.82) is 0 Å². The van der Waals surface area contributed by atoms with Crippen LogP contribution < -0.4 is 10.1 Å². The molecule has 1 heterocycles. The maximum atomic E-state index is 12.2. The number of halogens is 2. The summed E-state index contributed by atoms with van der Waals surface area (Å²) in [5.74, 6) is 0.513. The summed E-state index contributed by atoms with van der Waals surface area (Å²) in [5.41, 5.74) is 2.62. The normalized spacial score (nSPS) is 10.6. The van der Waals surface area contributed by atoms with Crippen molar-refractivity contribution in [1.82, 2.24) is 4.98 Å². The molecule has 134 valence electrons. The highest BCUT2D eigenvalue weighted by atomic mass is 79.9. The monoisotopic (exact) mass is 450 g/mol. The molecule has 0 unspecified atom stereocenters. The van der Waals surface area contributed by atoms with E-state index in [9.17, 15) is 4.79 Å². The van der Waals surface area contributed by atoms with E-state index in [-0.39, 0.29) is 12.3 Å². The minimum absolute atomic E-state index is 0.0860. The third-order valence-electron chi connectivity index (χ3n) is 3.60. The molecule has 3 aromatic rings. The van der Waals surface area contributed by atoms with Gasteiger partial charge in [0.25, 0.3) is 0 Å². The second-order valence-corrected chi connectivity index (χ2v) is 7.90. The van der Waals surface area contributed by atoms with E-state index < -0.39 is 0 Å². The van der Waals surface area contributed by atoms with E-state index >= 15 is 0 Å². The maximum absolute atomic E-state index is 12.2. The molecule has 2 aromatic carbocycles. The first-order valence-electron chi connectivity index (χ1n) is 7.88. The van der Waals surface area contributed by atoms with Gasteiger partial charge in [0.1, 0.15) is 17.4 Å². The zero-order valence-electron chi connectivity index (χ0n) is 14.0. The SMILES string of the molecule is Cc1ccccc1NC(=O)Cc1nc(COc2ccc(Br)cc2Cl)cs1. The number of anilines is 1. The number of hydrogen-bond acceptors (Lipinski definition) is 4. The Morgan fingerprint density at radius 1 is 1.31 bits per heavy atom. The summed E-state index contributed by atoms with van der Waals surface area (Å²) < 4.78 is 6.59. The van der Waals surface area contributed by atoms with Gasteiger partial charge in [-0.15, -0.1) is 11.3 Å². The van der Waals surface area contributed by atoms with Crippen molar-refractivity contribution in [2.24, 2.45) is 0 Å². The third-order valence-corrected chi connectivity index (χ3v) is 5.29. The molecule has 0 aliphatic carbocycles. The predicted molar refractivity (Wildman–Crippen MR) is 109 cm³/mol. The van der Waals surface area contributed by atoms with Gasteiger partial charge in [-0.1, -0.05) is 45.7 Å². The van der Waals surface area contributed by atoms with Crippen LogP contribution in [0.1, 0.15) is 16.3 Å². The first kappa shape index (κ1) is 18.9. The summed E-state index contributed by atoms with van der Waals surface area (Å²) in [5, 5.41) is 6.09. The Labute approximate surface area is 169 Å². The van der Waals surface area contributed by atoms with Crippen molar-refractivity contribution < 1.29 is 9.53 Å². The first-order chi connectivity index (χ1) is 12.5. The average molecular weight is 452 g/mol. The summed E-state index contributed by atoms with van der Waals surface area (Å²) >= 11 is 10.9. The number of amides is 1. The molecule has 4 nitrogen and oxygen atoms in total. The lowest BCUT2D eigenvalue weighted by Gasteiger charge is -2.07. The van der Waals surface area contributed by atoms with E-state index in [1.807, 2.05) is 42.6 Å². The molecule has 26 heavy (non-hydrogen) atoms. The van der Waals surface area contributed by atoms with Crippen LogP contribution in [-0.2, 0) is 17.8 Å².